The second-order valence-corrected chi connectivity index (χ2v) is 11.2. The minimum atomic E-state index is -4.69. The first kappa shape index (κ1) is 29.4. The van der Waals surface area contributed by atoms with Crippen LogP contribution in [0.3, 0.4) is 0 Å². The highest BCUT2D eigenvalue weighted by molar-refractivity contribution is 6.04. The maximum absolute atomic E-state index is 15.6. The molecule has 0 aliphatic carbocycles. The van der Waals surface area contributed by atoms with Crippen LogP contribution < -0.4 is 11.1 Å². The fourth-order valence-electron chi connectivity index (χ4n) is 5.62. The van der Waals surface area contributed by atoms with Gasteiger partial charge in [-0.1, -0.05) is 0 Å². The number of nitrogens with two attached hydrogens (primary N) is 1. The van der Waals surface area contributed by atoms with E-state index < -0.39 is 46.1 Å². The van der Waals surface area contributed by atoms with Crippen molar-refractivity contribution >= 4 is 29.0 Å². The lowest BCUT2D eigenvalue weighted by Crippen LogP contribution is -2.55. The fourth-order valence-corrected chi connectivity index (χ4v) is 5.62. The van der Waals surface area contributed by atoms with Crippen LogP contribution in [0.1, 0.15) is 47.4 Å². The molecule has 1 atom stereocenters. The predicted octanol–water partition coefficient (Wildman–Crippen LogP) is 4.67. The highest BCUT2D eigenvalue weighted by atomic mass is 19.4. The van der Waals surface area contributed by atoms with E-state index in [1.165, 1.54) is 6.20 Å². The Labute approximate surface area is 247 Å². The monoisotopic (exact) mass is 615 g/mol. The minimum absolute atomic E-state index is 0.00127. The topological polar surface area (TPSA) is 128 Å². The van der Waals surface area contributed by atoms with Gasteiger partial charge in [0.05, 0.1) is 29.8 Å². The smallest absolute Gasteiger partial charge is 0.382 e. The average Bonchev–Trinajstić information content (AvgIpc) is 3.37. The number of anilines is 2. The third-order valence-electron chi connectivity index (χ3n) is 7.95. The first-order chi connectivity index (χ1) is 20.9. The lowest BCUT2D eigenvalue weighted by Gasteiger charge is -2.42. The van der Waals surface area contributed by atoms with Crippen molar-refractivity contribution in [2.24, 2.45) is 5.41 Å². The summed E-state index contributed by atoms with van der Waals surface area (Å²) in [4.78, 5) is 40.1. The van der Waals surface area contributed by atoms with Gasteiger partial charge in [0.25, 0.3) is 5.91 Å². The van der Waals surface area contributed by atoms with Crippen LogP contribution in [0.4, 0.5) is 33.6 Å². The Hall–Kier alpha value is -4.66. The van der Waals surface area contributed by atoms with Crippen LogP contribution in [0.25, 0.3) is 16.8 Å². The quantitative estimate of drug-likeness (QED) is 0.313. The number of benzene rings is 1. The highest BCUT2D eigenvalue weighted by Gasteiger charge is 2.45. The van der Waals surface area contributed by atoms with Crippen molar-refractivity contribution in [2.45, 2.75) is 31.9 Å². The maximum atomic E-state index is 15.6. The molecule has 2 amide bonds. The molecular formula is C29H26F5N7O3. The Morgan fingerprint density at radius 1 is 1.11 bits per heavy atom. The summed E-state index contributed by atoms with van der Waals surface area (Å²) in [6.07, 6.45) is 0.559. The van der Waals surface area contributed by atoms with E-state index in [1.54, 1.807) is 15.5 Å². The van der Waals surface area contributed by atoms with Crippen LogP contribution in [0, 0.1) is 17.0 Å². The van der Waals surface area contributed by atoms with E-state index in [4.69, 9.17) is 10.5 Å². The Morgan fingerprint density at radius 3 is 2.59 bits per heavy atom. The largest absolute Gasteiger partial charge is 0.416 e. The summed E-state index contributed by atoms with van der Waals surface area (Å²) < 4.78 is 77.0. The fraction of sp³-hybridized carbons (Fsp3) is 0.345. The number of nitrogen functional groups attached to an aromatic ring is 1. The molecule has 6 rings (SSSR count). The summed E-state index contributed by atoms with van der Waals surface area (Å²) in [6, 6.07) is 3.42. The number of fused-ring (bicyclic) bond motifs is 1. The number of alkyl halides is 3. The molecule has 1 aromatic carbocycles. The highest BCUT2D eigenvalue weighted by Crippen LogP contribution is 2.38. The normalized spacial score (nSPS) is 18.2. The molecule has 0 spiro atoms. The van der Waals surface area contributed by atoms with Crippen molar-refractivity contribution in [3.8, 4) is 11.3 Å². The Balaban J connectivity index is 1.33. The summed E-state index contributed by atoms with van der Waals surface area (Å²) in [5, 5.41) is 2.07. The zero-order chi connectivity index (χ0) is 31.4. The number of hydrogen-bond donors (Lipinski definition) is 2. The van der Waals surface area contributed by atoms with E-state index in [1.807, 2.05) is 6.92 Å². The summed E-state index contributed by atoms with van der Waals surface area (Å²) in [6.45, 7) is 3.48. The van der Waals surface area contributed by atoms with E-state index in [0.717, 1.165) is 18.3 Å². The van der Waals surface area contributed by atoms with E-state index in [9.17, 15) is 22.8 Å². The molecule has 4 aromatic rings. The Morgan fingerprint density at radius 2 is 1.89 bits per heavy atom. The molecule has 2 aliphatic heterocycles. The van der Waals surface area contributed by atoms with Gasteiger partial charge in [-0.25, -0.2) is 23.7 Å². The van der Waals surface area contributed by atoms with Crippen molar-refractivity contribution < 1.29 is 36.3 Å². The van der Waals surface area contributed by atoms with Gasteiger partial charge in [-0.2, -0.15) is 13.2 Å². The van der Waals surface area contributed by atoms with Crippen molar-refractivity contribution in [3.63, 3.8) is 0 Å². The standard InChI is InChI=1S/C29H26F5N7O3/c1-28(13-44-14-28)27(43)40-9-2-3-15(12-40)25-39-22(23-24(35)37-8-10-41(23)25)17-4-5-18(21(31)20(17)30)26(42)38-19-11-16(6-7-36-19)29(32,33)34/h4-8,10-11,15H,2-3,9,12-14H2,1H3,(H2,35,37)(H,36,38,42)/t15-/m1/s1. The van der Waals surface area contributed by atoms with Crippen molar-refractivity contribution in [3.05, 3.63) is 71.4 Å². The Kier molecular flexibility index (Phi) is 7.22. The van der Waals surface area contributed by atoms with Gasteiger partial charge >= 0.3 is 6.18 Å². The van der Waals surface area contributed by atoms with E-state index in [0.29, 0.717) is 57.1 Å². The molecule has 3 aromatic heterocycles. The molecule has 0 unspecified atom stereocenters. The molecule has 15 heteroatoms. The molecular weight excluding hydrogens is 589 g/mol. The van der Waals surface area contributed by atoms with Gasteiger partial charge in [-0.3, -0.25) is 14.0 Å². The van der Waals surface area contributed by atoms with Crippen LogP contribution in [-0.4, -0.2) is 62.4 Å². The first-order valence-corrected chi connectivity index (χ1v) is 13.7. The van der Waals surface area contributed by atoms with Gasteiger partial charge in [0.2, 0.25) is 5.91 Å². The Bertz CT molecular complexity index is 1790. The zero-order valence-electron chi connectivity index (χ0n) is 23.3. The maximum Gasteiger partial charge on any atom is 0.416 e. The number of nitrogens with zero attached hydrogens (tertiary/aromatic N) is 5. The third-order valence-corrected chi connectivity index (χ3v) is 7.95. The molecule has 230 valence electrons. The molecule has 0 saturated carbocycles. The number of pyridine rings is 1. The molecule has 3 N–H and O–H groups in total. The third kappa shape index (κ3) is 5.10. The number of carbonyl (C=O) groups is 2. The summed E-state index contributed by atoms with van der Waals surface area (Å²) in [7, 11) is 0. The second-order valence-electron chi connectivity index (χ2n) is 11.2. The van der Waals surface area contributed by atoms with Crippen LogP contribution in [0.15, 0.2) is 42.9 Å². The second kappa shape index (κ2) is 10.8. The van der Waals surface area contributed by atoms with Gasteiger partial charge in [0.1, 0.15) is 28.7 Å². The molecule has 5 heterocycles. The van der Waals surface area contributed by atoms with Crippen molar-refractivity contribution in [2.75, 3.05) is 37.4 Å². The molecule has 2 saturated heterocycles. The van der Waals surface area contributed by atoms with Crippen LogP contribution >= 0.6 is 0 Å². The van der Waals surface area contributed by atoms with Gasteiger partial charge in [-0.15, -0.1) is 0 Å². The van der Waals surface area contributed by atoms with Gasteiger partial charge in [-0.05, 0) is 44.0 Å². The van der Waals surface area contributed by atoms with Crippen LogP contribution in [0.5, 0.6) is 0 Å². The molecule has 10 nitrogen and oxygen atoms in total. The van der Waals surface area contributed by atoms with Crippen molar-refractivity contribution in [1.29, 1.82) is 0 Å². The van der Waals surface area contributed by atoms with Crippen LogP contribution in [-0.2, 0) is 15.7 Å². The SMILES string of the molecule is CC1(C(=O)N2CCC[C@@H](c3nc(-c4ccc(C(=O)Nc5cc(C(F)(F)F)ccn5)c(F)c4F)c4c(N)nccn34)C2)COC1. The molecule has 2 aliphatic rings. The summed E-state index contributed by atoms with van der Waals surface area (Å²) in [5.74, 6) is -4.43. The number of ether oxygens (including phenoxy) is 1. The predicted molar refractivity (Wildman–Crippen MR) is 147 cm³/mol. The van der Waals surface area contributed by atoms with Crippen molar-refractivity contribution in [1.82, 2.24) is 24.3 Å². The lowest BCUT2D eigenvalue weighted by atomic mass is 9.85. The van der Waals surface area contributed by atoms with Crippen LogP contribution in [0.2, 0.25) is 0 Å². The molecule has 0 radical (unpaired) electrons. The number of likely N-dealkylation sites (tertiary alicyclic amines) is 1. The zero-order valence-corrected chi connectivity index (χ0v) is 23.3. The number of carbonyl (C=O) groups excluding carboxylic acids is 2. The van der Waals surface area contributed by atoms with Gasteiger partial charge < -0.3 is 20.7 Å². The summed E-state index contributed by atoms with van der Waals surface area (Å²) in [5.41, 5.74) is 3.66. The number of piperidine rings is 1. The van der Waals surface area contributed by atoms with E-state index in [-0.39, 0.29) is 34.4 Å². The number of nitrogens with one attached hydrogen (secondary N) is 1. The van der Waals surface area contributed by atoms with Gasteiger partial charge in [0.15, 0.2) is 11.6 Å². The average molecular weight is 616 g/mol. The number of amides is 2. The molecule has 44 heavy (non-hydrogen) atoms. The lowest BCUT2D eigenvalue weighted by molar-refractivity contribution is -0.170. The number of aromatic nitrogens is 4. The molecule has 0 bridgehead atoms. The number of rotatable bonds is 5. The van der Waals surface area contributed by atoms with E-state index >= 15 is 8.78 Å². The minimum Gasteiger partial charge on any atom is -0.382 e. The van der Waals surface area contributed by atoms with E-state index in [2.05, 4.69) is 20.3 Å². The molecule has 2 fully saturated rings. The summed E-state index contributed by atoms with van der Waals surface area (Å²) >= 11 is 0. The van der Waals surface area contributed by atoms with Gasteiger partial charge in [0, 0.05) is 43.2 Å². The number of imidazole rings is 1. The first-order valence-electron chi connectivity index (χ1n) is 13.7. The number of hydrogen-bond acceptors (Lipinski definition) is 7. The number of halogens is 5.